The Morgan fingerprint density at radius 2 is 1.00 bits per heavy atom. The molecule has 0 heterocycles. The van der Waals surface area contributed by atoms with Gasteiger partial charge in [0.15, 0.2) is 0 Å². The van der Waals surface area contributed by atoms with Crippen LogP contribution in [0.5, 0.6) is 0 Å². The molecule has 0 aliphatic carbocycles. The van der Waals surface area contributed by atoms with Gasteiger partial charge in [-0.1, -0.05) is 48.0 Å². The summed E-state index contributed by atoms with van der Waals surface area (Å²) < 4.78 is 34.3. The van der Waals surface area contributed by atoms with Crippen molar-refractivity contribution in [3.8, 4) is 0 Å². The molecule has 0 saturated carbocycles. The molecule has 3 heteroatoms. The zero-order valence-electron chi connectivity index (χ0n) is 12.6. The van der Waals surface area contributed by atoms with Crippen molar-refractivity contribution in [2.24, 2.45) is 11.8 Å². The molecule has 0 aromatic heterocycles. The lowest BCUT2D eigenvalue weighted by Gasteiger charge is -2.03. The average molecular weight is 256 g/mol. The first kappa shape index (κ1) is 22.0. The summed E-state index contributed by atoms with van der Waals surface area (Å²) in [6.45, 7) is 13.3. The largest absolute Gasteiger partial charge is 0.248 e. The van der Waals surface area contributed by atoms with Gasteiger partial charge in [-0.3, -0.25) is 0 Å². The first-order valence-electron chi connectivity index (χ1n) is 6.64. The molecule has 0 spiro atoms. The Labute approximate surface area is 106 Å². The van der Waals surface area contributed by atoms with E-state index in [2.05, 4.69) is 20.8 Å². The molecular weight excluding hydrogens is 225 g/mol. The summed E-state index contributed by atoms with van der Waals surface area (Å²) in [7, 11) is 0. The van der Waals surface area contributed by atoms with Crippen molar-refractivity contribution < 1.29 is 13.2 Å². The van der Waals surface area contributed by atoms with Crippen molar-refractivity contribution in [1.82, 2.24) is 0 Å². The van der Waals surface area contributed by atoms with Crippen molar-refractivity contribution in [2.45, 2.75) is 80.3 Å². The van der Waals surface area contributed by atoms with Gasteiger partial charge in [0.05, 0.1) is 6.17 Å². The number of hydrogen-bond donors (Lipinski definition) is 0. The summed E-state index contributed by atoms with van der Waals surface area (Å²) in [6, 6.07) is 0. The number of halogens is 3. The standard InChI is InChI=1S/C5H10F2.C5H12.C4H9F/c1-3-4(2)5(6)7;1-4-5(2)3;1-3-4(2)5/h4-5H,3H2,1-2H3;5H,4H2,1-3H3;4H,3H2,1-2H3. The highest BCUT2D eigenvalue weighted by molar-refractivity contribution is 4.48. The summed E-state index contributed by atoms with van der Waals surface area (Å²) in [6.07, 6.45) is -0.238. The monoisotopic (exact) mass is 256 g/mol. The van der Waals surface area contributed by atoms with Crippen LogP contribution < -0.4 is 0 Å². The Balaban J connectivity index is -0.000000177. The Bertz CT molecular complexity index is 115. The predicted octanol–water partition coefficient (Wildman–Crippen LogP) is 6.10. The van der Waals surface area contributed by atoms with Crippen LogP contribution in [0.15, 0.2) is 0 Å². The lowest BCUT2D eigenvalue weighted by atomic mass is 10.1. The van der Waals surface area contributed by atoms with Gasteiger partial charge >= 0.3 is 0 Å². The van der Waals surface area contributed by atoms with Crippen LogP contribution in [0.3, 0.4) is 0 Å². The highest BCUT2D eigenvalue weighted by Crippen LogP contribution is 2.10. The first-order chi connectivity index (χ1) is 7.72. The smallest absolute Gasteiger partial charge is 0.241 e. The molecule has 0 aromatic carbocycles. The molecule has 0 radical (unpaired) electrons. The number of rotatable bonds is 4. The van der Waals surface area contributed by atoms with E-state index in [0.29, 0.717) is 12.8 Å². The van der Waals surface area contributed by atoms with E-state index in [-0.39, 0.29) is 0 Å². The van der Waals surface area contributed by atoms with Gasteiger partial charge in [0.2, 0.25) is 6.43 Å². The molecule has 2 unspecified atom stereocenters. The molecule has 0 rings (SSSR count). The predicted molar refractivity (Wildman–Crippen MR) is 71.4 cm³/mol. The van der Waals surface area contributed by atoms with Gasteiger partial charge in [0, 0.05) is 5.92 Å². The Morgan fingerprint density at radius 3 is 1.00 bits per heavy atom. The highest BCUT2D eigenvalue weighted by Gasteiger charge is 2.10. The molecular formula is C14H31F3. The van der Waals surface area contributed by atoms with Gasteiger partial charge < -0.3 is 0 Å². The van der Waals surface area contributed by atoms with E-state index in [9.17, 15) is 13.2 Å². The number of alkyl halides is 3. The van der Waals surface area contributed by atoms with Crippen LogP contribution in [0.1, 0.15) is 67.7 Å². The summed E-state index contributed by atoms with van der Waals surface area (Å²) in [5, 5.41) is 0. The van der Waals surface area contributed by atoms with E-state index < -0.39 is 18.5 Å². The van der Waals surface area contributed by atoms with E-state index in [1.807, 2.05) is 6.92 Å². The first-order valence-corrected chi connectivity index (χ1v) is 6.64. The third kappa shape index (κ3) is 31.3. The van der Waals surface area contributed by atoms with Crippen LogP contribution in [0, 0.1) is 11.8 Å². The minimum atomic E-state index is -2.13. The van der Waals surface area contributed by atoms with E-state index >= 15 is 0 Å². The lowest BCUT2D eigenvalue weighted by molar-refractivity contribution is 0.0845. The van der Waals surface area contributed by atoms with Crippen molar-refractivity contribution >= 4 is 0 Å². The van der Waals surface area contributed by atoms with E-state index in [0.717, 1.165) is 5.92 Å². The molecule has 108 valence electrons. The molecule has 0 fully saturated rings. The van der Waals surface area contributed by atoms with Crippen LogP contribution in [0.2, 0.25) is 0 Å². The Hall–Kier alpha value is -0.210. The zero-order chi connectivity index (χ0) is 14.4. The van der Waals surface area contributed by atoms with Crippen molar-refractivity contribution in [1.29, 1.82) is 0 Å². The average Bonchev–Trinajstić information content (AvgIpc) is 2.29. The fourth-order valence-corrected chi connectivity index (χ4v) is 0.178. The quantitative estimate of drug-likeness (QED) is 0.569. The summed E-state index contributed by atoms with van der Waals surface area (Å²) >= 11 is 0. The number of hydrogen-bond acceptors (Lipinski definition) is 0. The van der Waals surface area contributed by atoms with Gasteiger partial charge in [-0.15, -0.1) is 0 Å². The van der Waals surface area contributed by atoms with E-state index in [4.69, 9.17) is 0 Å². The van der Waals surface area contributed by atoms with Crippen molar-refractivity contribution in [3.05, 3.63) is 0 Å². The zero-order valence-corrected chi connectivity index (χ0v) is 12.6. The molecule has 2 atom stereocenters. The molecule has 0 amide bonds. The van der Waals surface area contributed by atoms with Crippen molar-refractivity contribution in [2.75, 3.05) is 0 Å². The molecule has 0 N–H and O–H groups in total. The van der Waals surface area contributed by atoms with Gasteiger partial charge in [-0.25, -0.2) is 13.2 Å². The van der Waals surface area contributed by atoms with Crippen LogP contribution in [-0.2, 0) is 0 Å². The van der Waals surface area contributed by atoms with Gasteiger partial charge in [-0.2, -0.15) is 0 Å². The van der Waals surface area contributed by atoms with Crippen molar-refractivity contribution in [3.63, 3.8) is 0 Å². The van der Waals surface area contributed by atoms with Gasteiger partial charge in [0.25, 0.3) is 0 Å². The second kappa shape index (κ2) is 15.8. The van der Waals surface area contributed by atoms with E-state index in [1.54, 1.807) is 20.8 Å². The van der Waals surface area contributed by atoms with Crippen LogP contribution in [0.4, 0.5) is 13.2 Å². The summed E-state index contributed by atoms with van der Waals surface area (Å²) in [5.74, 6) is 0.454. The molecule has 0 nitrogen and oxygen atoms in total. The van der Waals surface area contributed by atoms with Gasteiger partial charge in [-0.05, 0) is 25.7 Å². The summed E-state index contributed by atoms with van der Waals surface area (Å²) in [4.78, 5) is 0. The minimum Gasteiger partial charge on any atom is -0.248 e. The molecule has 0 saturated heterocycles. The molecule has 0 bridgehead atoms. The maximum atomic E-state index is 11.4. The second-order valence-electron chi connectivity index (χ2n) is 4.71. The maximum absolute atomic E-state index is 11.4. The maximum Gasteiger partial charge on any atom is 0.241 e. The normalized spacial score (nSPS) is 13.4. The summed E-state index contributed by atoms with van der Waals surface area (Å²) in [5.41, 5.74) is 0. The van der Waals surface area contributed by atoms with E-state index in [1.165, 1.54) is 6.42 Å². The van der Waals surface area contributed by atoms with Crippen LogP contribution in [-0.4, -0.2) is 12.6 Å². The Morgan fingerprint density at radius 1 is 0.706 bits per heavy atom. The lowest BCUT2D eigenvalue weighted by Crippen LogP contribution is -2.03. The SMILES string of the molecule is CCC(C)C.CCC(C)C(F)F.CCC(C)F. The third-order valence-corrected chi connectivity index (χ3v) is 2.45. The fourth-order valence-electron chi connectivity index (χ4n) is 0.178. The van der Waals surface area contributed by atoms with Gasteiger partial charge in [0.1, 0.15) is 0 Å². The highest BCUT2D eigenvalue weighted by atomic mass is 19.3. The Kier molecular flexibility index (Phi) is 20.4. The molecule has 0 aliphatic heterocycles. The molecule has 0 aliphatic rings. The molecule has 17 heavy (non-hydrogen) atoms. The van der Waals surface area contributed by atoms with Crippen LogP contribution in [0.25, 0.3) is 0 Å². The topological polar surface area (TPSA) is 0 Å². The third-order valence-electron chi connectivity index (χ3n) is 2.45. The fraction of sp³-hybridized carbons (Fsp3) is 1.00. The molecule has 0 aromatic rings. The minimum absolute atomic E-state index is 0.431. The second-order valence-corrected chi connectivity index (χ2v) is 4.71. The van der Waals surface area contributed by atoms with Crippen LogP contribution >= 0.6 is 0 Å².